The summed E-state index contributed by atoms with van der Waals surface area (Å²) in [5.41, 5.74) is 2.96. The summed E-state index contributed by atoms with van der Waals surface area (Å²) in [5, 5.41) is 8.21. The number of hydrogen-bond acceptors (Lipinski definition) is 4. The third-order valence-corrected chi connectivity index (χ3v) is 4.88. The number of fused-ring (bicyclic) bond motifs is 2. The molecule has 0 bridgehead atoms. The number of nitrogens with zero attached hydrogens (tertiary/aromatic N) is 2. The van der Waals surface area contributed by atoms with Crippen LogP contribution in [-0.2, 0) is 35.5 Å². The van der Waals surface area contributed by atoms with Crippen LogP contribution in [0.5, 0.6) is 0 Å². The molecule has 0 unspecified atom stereocenters. The molecular formula is C21H19N3O3. The summed E-state index contributed by atoms with van der Waals surface area (Å²) in [6.45, 7) is 0.255. The van der Waals surface area contributed by atoms with Gasteiger partial charge in [0.25, 0.3) is 5.56 Å². The zero-order valence-electron chi connectivity index (χ0n) is 14.8. The van der Waals surface area contributed by atoms with E-state index in [-0.39, 0.29) is 23.8 Å². The lowest BCUT2D eigenvalue weighted by Crippen LogP contribution is -2.33. The molecule has 3 aromatic rings. The second kappa shape index (κ2) is 7.15. The van der Waals surface area contributed by atoms with Crippen LogP contribution >= 0.6 is 0 Å². The molecule has 1 aliphatic carbocycles. The van der Waals surface area contributed by atoms with Crippen LogP contribution in [0.15, 0.2) is 53.5 Å². The van der Waals surface area contributed by atoms with Crippen molar-refractivity contribution in [1.82, 2.24) is 15.1 Å². The van der Waals surface area contributed by atoms with Crippen LogP contribution < -0.4 is 10.9 Å². The largest absolute Gasteiger partial charge is 0.350 e. The van der Waals surface area contributed by atoms with Crippen LogP contribution in [0, 0.1) is 0 Å². The van der Waals surface area contributed by atoms with E-state index in [9.17, 15) is 14.4 Å². The normalized spacial score (nSPS) is 13.4. The molecule has 0 spiro atoms. The molecule has 136 valence electrons. The van der Waals surface area contributed by atoms with E-state index in [2.05, 4.69) is 10.4 Å². The van der Waals surface area contributed by atoms with Gasteiger partial charge < -0.3 is 5.32 Å². The Labute approximate surface area is 155 Å². The predicted octanol–water partition coefficient (Wildman–Crippen LogP) is 1.77. The molecule has 1 N–H and O–H groups in total. The average Bonchev–Trinajstić information content (AvgIpc) is 2.68. The van der Waals surface area contributed by atoms with Gasteiger partial charge in [0.15, 0.2) is 0 Å². The molecule has 27 heavy (non-hydrogen) atoms. The molecule has 1 amide bonds. The molecule has 0 atom stereocenters. The number of ketones is 1. The van der Waals surface area contributed by atoms with Gasteiger partial charge in [-0.25, -0.2) is 4.68 Å². The molecular weight excluding hydrogens is 342 g/mol. The fourth-order valence-corrected chi connectivity index (χ4v) is 3.40. The van der Waals surface area contributed by atoms with Gasteiger partial charge in [-0.05, 0) is 29.2 Å². The SMILES string of the molecule is O=C1CCc2cc(CNC(=O)Cn3ncc4ccccc4c3=O)ccc2C1. The third kappa shape index (κ3) is 3.65. The second-order valence-electron chi connectivity index (χ2n) is 6.79. The van der Waals surface area contributed by atoms with E-state index < -0.39 is 0 Å². The molecule has 0 saturated carbocycles. The number of aryl methyl sites for hydroxylation is 1. The minimum atomic E-state index is -0.276. The summed E-state index contributed by atoms with van der Waals surface area (Å²) in [5.74, 6) is 0.00431. The highest BCUT2D eigenvalue weighted by atomic mass is 16.2. The number of carbonyl (C=O) groups excluding carboxylic acids is 2. The molecule has 0 saturated heterocycles. The summed E-state index contributed by atoms with van der Waals surface area (Å²) in [6.07, 6.45) is 3.43. The highest BCUT2D eigenvalue weighted by Crippen LogP contribution is 2.20. The monoisotopic (exact) mass is 361 g/mol. The van der Waals surface area contributed by atoms with E-state index in [1.165, 1.54) is 10.2 Å². The molecule has 0 aliphatic heterocycles. The predicted molar refractivity (Wildman–Crippen MR) is 101 cm³/mol. The topological polar surface area (TPSA) is 81.1 Å². The molecule has 6 heteroatoms. The summed E-state index contributed by atoms with van der Waals surface area (Å²) in [4.78, 5) is 36.2. The lowest BCUT2D eigenvalue weighted by Gasteiger charge is -2.16. The first-order chi connectivity index (χ1) is 13.1. The molecule has 6 nitrogen and oxygen atoms in total. The number of Topliss-reactive ketones (excluding diaryl/α,β-unsaturated/α-hetero) is 1. The molecule has 0 radical (unpaired) electrons. The molecule has 1 aliphatic rings. The summed E-state index contributed by atoms with van der Waals surface area (Å²) >= 11 is 0. The highest BCUT2D eigenvalue weighted by Gasteiger charge is 2.16. The molecule has 1 aromatic heterocycles. The first-order valence-electron chi connectivity index (χ1n) is 8.94. The van der Waals surface area contributed by atoms with Gasteiger partial charge in [0, 0.05) is 24.8 Å². The van der Waals surface area contributed by atoms with Gasteiger partial charge in [-0.15, -0.1) is 0 Å². The Morgan fingerprint density at radius 3 is 2.81 bits per heavy atom. The van der Waals surface area contributed by atoms with Gasteiger partial charge in [0.2, 0.25) is 5.91 Å². The molecule has 2 aromatic carbocycles. The van der Waals surface area contributed by atoms with Gasteiger partial charge >= 0.3 is 0 Å². The van der Waals surface area contributed by atoms with Crippen molar-refractivity contribution in [1.29, 1.82) is 0 Å². The number of hydrogen-bond donors (Lipinski definition) is 1. The van der Waals surface area contributed by atoms with E-state index in [0.717, 1.165) is 22.9 Å². The molecule has 1 heterocycles. The van der Waals surface area contributed by atoms with Gasteiger partial charge in [0.1, 0.15) is 12.3 Å². The van der Waals surface area contributed by atoms with Gasteiger partial charge in [-0.1, -0.05) is 36.4 Å². The Morgan fingerprint density at radius 2 is 1.93 bits per heavy atom. The molecule has 0 fully saturated rings. The number of aromatic nitrogens is 2. The maximum absolute atomic E-state index is 12.4. The van der Waals surface area contributed by atoms with Gasteiger partial charge in [0.05, 0.1) is 11.6 Å². The molecule has 4 rings (SSSR count). The van der Waals surface area contributed by atoms with Crippen molar-refractivity contribution in [2.24, 2.45) is 0 Å². The fraction of sp³-hybridized carbons (Fsp3) is 0.238. The van der Waals surface area contributed by atoms with Crippen LogP contribution in [0.3, 0.4) is 0 Å². The zero-order valence-corrected chi connectivity index (χ0v) is 14.8. The van der Waals surface area contributed by atoms with Gasteiger partial charge in [-0.3, -0.25) is 14.4 Å². The summed E-state index contributed by atoms with van der Waals surface area (Å²) in [7, 11) is 0. The Hall–Kier alpha value is -3.28. The van der Waals surface area contributed by atoms with E-state index in [1.54, 1.807) is 18.3 Å². The standard InChI is InChI=1S/C21H19N3O3/c25-18-8-7-15-9-14(5-6-16(15)10-18)11-22-20(26)13-24-21(27)19-4-2-1-3-17(19)12-23-24/h1-6,9,12H,7-8,10-11,13H2,(H,22,26). The smallest absolute Gasteiger partial charge is 0.275 e. The number of benzene rings is 2. The van der Waals surface area contributed by atoms with Crippen LogP contribution in [0.2, 0.25) is 0 Å². The summed E-state index contributed by atoms with van der Waals surface area (Å²) < 4.78 is 1.18. The minimum absolute atomic E-state index is 0.122. The van der Waals surface area contributed by atoms with Crippen molar-refractivity contribution in [3.8, 4) is 0 Å². The second-order valence-corrected chi connectivity index (χ2v) is 6.79. The number of nitrogens with one attached hydrogen (secondary N) is 1. The number of carbonyl (C=O) groups is 2. The van der Waals surface area contributed by atoms with Crippen molar-refractivity contribution in [2.45, 2.75) is 32.4 Å². The van der Waals surface area contributed by atoms with Crippen LogP contribution in [-0.4, -0.2) is 21.5 Å². The zero-order chi connectivity index (χ0) is 18.8. The number of rotatable bonds is 4. The first kappa shape index (κ1) is 17.1. The van der Waals surface area contributed by atoms with Crippen molar-refractivity contribution < 1.29 is 9.59 Å². The fourth-order valence-electron chi connectivity index (χ4n) is 3.40. The van der Waals surface area contributed by atoms with Crippen molar-refractivity contribution >= 4 is 22.5 Å². The Balaban J connectivity index is 1.42. The van der Waals surface area contributed by atoms with Crippen molar-refractivity contribution in [3.63, 3.8) is 0 Å². The first-order valence-corrected chi connectivity index (χ1v) is 8.94. The Bertz CT molecular complexity index is 1100. The average molecular weight is 361 g/mol. The number of amides is 1. The lowest BCUT2D eigenvalue weighted by molar-refractivity contribution is -0.122. The summed E-state index contributed by atoms with van der Waals surface area (Å²) in [6, 6.07) is 13.1. The highest BCUT2D eigenvalue weighted by molar-refractivity contribution is 5.83. The Morgan fingerprint density at radius 1 is 1.07 bits per heavy atom. The lowest BCUT2D eigenvalue weighted by atomic mass is 9.89. The van der Waals surface area contributed by atoms with Crippen LogP contribution in [0.1, 0.15) is 23.1 Å². The van der Waals surface area contributed by atoms with Crippen molar-refractivity contribution in [3.05, 3.63) is 75.7 Å². The van der Waals surface area contributed by atoms with E-state index in [1.807, 2.05) is 30.3 Å². The van der Waals surface area contributed by atoms with Gasteiger partial charge in [-0.2, -0.15) is 5.10 Å². The quantitative estimate of drug-likeness (QED) is 0.768. The minimum Gasteiger partial charge on any atom is -0.350 e. The third-order valence-electron chi connectivity index (χ3n) is 4.88. The van der Waals surface area contributed by atoms with Crippen LogP contribution in [0.4, 0.5) is 0 Å². The maximum Gasteiger partial charge on any atom is 0.275 e. The van der Waals surface area contributed by atoms with E-state index in [4.69, 9.17) is 0 Å². The maximum atomic E-state index is 12.4. The Kier molecular flexibility index (Phi) is 4.54. The van der Waals surface area contributed by atoms with E-state index >= 15 is 0 Å². The van der Waals surface area contributed by atoms with Crippen molar-refractivity contribution in [2.75, 3.05) is 0 Å². The van der Waals surface area contributed by atoms with Crippen LogP contribution in [0.25, 0.3) is 10.8 Å². The van der Waals surface area contributed by atoms with E-state index in [0.29, 0.717) is 24.8 Å².